The average Bonchev–Trinajstić information content (AvgIpc) is 2.86. The fraction of sp³-hybridized carbons (Fsp3) is 0.259. The molecular formula is C27H26O8. The maximum atomic E-state index is 12.3. The van der Waals surface area contributed by atoms with Gasteiger partial charge in [0.05, 0.1) is 12.0 Å². The molecule has 1 saturated carbocycles. The zero-order valence-corrected chi connectivity index (χ0v) is 19.2. The van der Waals surface area contributed by atoms with Crippen LogP contribution in [0.1, 0.15) is 48.9 Å². The highest BCUT2D eigenvalue weighted by Gasteiger charge is 2.21. The van der Waals surface area contributed by atoms with Crippen molar-refractivity contribution < 1.29 is 38.1 Å². The van der Waals surface area contributed by atoms with E-state index in [1.54, 1.807) is 0 Å². The highest BCUT2D eigenvalue weighted by Crippen LogP contribution is 2.23. The van der Waals surface area contributed by atoms with E-state index in [9.17, 15) is 19.2 Å². The van der Waals surface area contributed by atoms with Crippen LogP contribution in [-0.4, -0.2) is 30.0 Å². The van der Waals surface area contributed by atoms with Gasteiger partial charge >= 0.3 is 23.9 Å². The minimum atomic E-state index is -0.743. The van der Waals surface area contributed by atoms with E-state index in [0.29, 0.717) is 0 Å². The van der Waals surface area contributed by atoms with Crippen LogP contribution in [0.2, 0.25) is 0 Å². The molecule has 182 valence electrons. The largest absolute Gasteiger partial charge is 0.462 e. The zero-order valence-electron chi connectivity index (χ0n) is 19.2. The van der Waals surface area contributed by atoms with E-state index in [0.717, 1.165) is 38.2 Å². The third kappa shape index (κ3) is 7.96. The lowest BCUT2D eigenvalue weighted by atomic mass is 9.98. The molecule has 0 spiro atoms. The second-order valence-electron chi connectivity index (χ2n) is 7.93. The highest BCUT2D eigenvalue weighted by atomic mass is 16.6. The Kier molecular flexibility index (Phi) is 8.95. The minimum absolute atomic E-state index is 0.0106. The Hall–Kier alpha value is -4.20. The summed E-state index contributed by atoms with van der Waals surface area (Å²) in [6.07, 6.45) is 5.60. The van der Waals surface area contributed by atoms with Crippen LogP contribution in [0.25, 0.3) is 0 Å². The number of carbonyl (C=O) groups is 4. The topological polar surface area (TPSA) is 105 Å². The van der Waals surface area contributed by atoms with Gasteiger partial charge < -0.3 is 18.9 Å². The lowest BCUT2D eigenvalue weighted by molar-refractivity contribution is -0.150. The van der Waals surface area contributed by atoms with E-state index in [1.807, 2.05) is 0 Å². The molecule has 35 heavy (non-hydrogen) atoms. The Balaban J connectivity index is 1.47. The van der Waals surface area contributed by atoms with Crippen LogP contribution < -0.4 is 14.2 Å². The van der Waals surface area contributed by atoms with Crippen molar-refractivity contribution in [2.24, 2.45) is 0 Å². The number of esters is 4. The zero-order chi connectivity index (χ0) is 25.2. The summed E-state index contributed by atoms with van der Waals surface area (Å²) in [6.45, 7) is 6.94. The summed E-state index contributed by atoms with van der Waals surface area (Å²) in [5, 5.41) is 0. The molecule has 0 atom stereocenters. The number of hydrogen-bond donors (Lipinski definition) is 0. The van der Waals surface area contributed by atoms with E-state index >= 15 is 0 Å². The standard InChI is InChI=1S/C27H26O8/c1-3-24(28)32-21-11-9-19(10-12-21)27(31)35-23-15-13-22(14-16-23)34-26(30)18(2)17-25(29)33-20-7-5-4-6-8-20/h3,9-16,20H,1-2,4-8,17H2. The van der Waals surface area contributed by atoms with Gasteiger partial charge in [-0.25, -0.2) is 14.4 Å². The number of carbonyl (C=O) groups excluding carboxylic acids is 4. The maximum Gasteiger partial charge on any atom is 0.343 e. The quantitative estimate of drug-likeness (QED) is 0.290. The van der Waals surface area contributed by atoms with Gasteiger partial charge in [-0.05, 0) is 74.2 Å². The molecule has 0 amide bonds. The molecule has 0 bridgehead atoms. The Morgan fingerprint density at radius 1 is 0.800 bits per heavy atom. The lowest BCUT2D eigenvalue weighted by Gasteiger charge is -2.21. The van der Waals surface area contributed by atoms with Gasteiger partial charge in [0, 0.05) is 11.6 Å². The molecule has 0 radical (unpaired) electrons. The minimum Gasteiger partial charge on any atom is -0.462 e. The van der Waals surface area contributed by atoms with Gasteiger partial charge in [0.25, 0.3) is 0 Å². The Labute approximate surface area is 203 Å². The third-order valence-corrected chi connectivity index (χ3v) is 5.22. The van der Waals surface area contributed by atoms with E-state index in [2.05, 4.69) is 13.2 Å². The smallest absolute Gasteiger partial charge is 0.343 e. The number of hydrogen-bond acceptors (Lipinski definition) is 8. The first kappa shape index (κ1) is 25.4. The van der Waals surface area contributed by atoms with Crippen LogP contribution in [0.15, 0.2) is 73.3 Å². The van der Waals surface area contributed by atoms with Crippen LogP contribution in [0.3, 0.4) is 0 Å². The first-order valence-electron chi connectivity index (χ1n) is 11.2. The first-order valence-corrected chi connectivity index (χ1v) is 11.2. The molecule has 1 aliphatic rings. The highest BCUT2D eigenvalue weighted by molar-refractivity contribution is 5.94. The van der Waals surface area contributed by atoms with Gasteiger partial charge in [0.1, 0.15) is 23.4 Å². The monoisotopic (exact) mass is 478 g/mol. The number of benzene rings is 2. The molecule has 3 rings (SSSR count). The van der Waals surface area contributed by atoms with Crippen molar-refractivity contribution in [3.8, 4) is 17.2 Å². The second-order valence-corrected chi connectivity index (χ2v) is 7.93. The molecule has 1 aliphatic carbocycles. The summed E-state index contributed by atoms with van der Waals surface area (Å²) >= 11 is 0. The van der Waals surface area contributed by atoms with Crippen molar-refractivity contribution >= 4 is 23.9 Å². The summed E-state index contributed by atoms with van der Waals surface area (Å²) in [7, 11) is 0. The van der Waals surface area contributed by atoms with Crippen molar-refractivity contribution in [3.05, 3.63) is 78.9 Å². The number of rotatable bonds is 9. The fourth-order valence-electron chi connectivity index (χ4n) is 3.39. The molecule has 8 nitrogen and oxygen atoms in total. The normalized spacial score (nSPS) is 13.3. The summed E-state index contributed by atoms with van der Waals surface area (Å²) in [4.78, 5) is 47.8. The van der Waals surface area contributed by atoms with E-state index in [1.165, 1.54) is 48.5 Å². The van der Waals surface area contributed by atoms with Crippen LogP contribution in [0.5, 0.6) is 17.2 Å². The lowest BCUT2D eigenvalue weighted by Crippen LogP contribution is -2.22. The average molecular weight is 478 g/mol. The van der Waals surface area contributed by atoms with Crippen LogP contribution in [0.4, 0.5) is 0 Å². The van der Waals surface area contributed by atoms with Gasteiger partial charge in [0.2, 0.25) is 0 Å². The molecular weight excluding hydrogens is 452 g/mol. The molecule has 2 aromatic carbocycles. The van der Waals surface area contributed by atoms with Crippen molar-refractivity contribution in [2.75, 3.05) is 0 Å². The molecule has 0 aromatic heterocycles. The van der Waals surface area contributed by atoms with Crippen molar-refractivity contribution in [2.45, 2.75) is 44.6 Å². The van der Waals surface area contributed by atoms with E-state index in [-0.39, 0.29) is 40.9 Å². The van der Waals surface area contributed by atoms with Gasteiger partial charge in [-0.3, -0.25) is 4.79 Å². The molecule has 0 saturated heterocycles. The SMILES string of the molecule is C=CC(=O)Oc1ccc(C(=O)Oc2ccc(OC(=O)C(=C)CC(=O)OC3CCCCC3)cc2)cc1. The summed E-state index contributed by atoms with van der Waals surface area (Å²) < 4.78 is 20.9. The van der Waals surface area contributed by atoms with Gasteiger partial charge in [-0.1, -0.05) is 19.6 Å². The maximum absolute atomic E-state index is 12.3. The van der Waals surface area contributed by atoms with Crippen molar-refractivity contribution in [1.82, 2.24) is 0 Å². The third-order valence-electron chi connectivity index (χ3n) is 5.22. The Morgan fingerprint density at radius 3 is 1.94 bits per heavy atom. The summed E-state index contributed by atoms with van der Waals surface area (Å²) in [6, 6.07) is 11.6. The summed E-state index contributed by atoms with van der Waals surface area (Å²) in [5.41, 5.74) is 0.235. The van der Waals surface area contributed by atoms with Crippen LogP contribution >= 0.6 is 0 Å². The first-order chi connectivity index (χ1) is 16.8. The van der Waals surface area contributed by atoms with Gasteiger partial charge in [0.15, 0.2) is 0 Å². The van der Waals surface area contributed by atoms with Crippen LogP contribution in [-0.2, 0) is 19.1 Å². The Bertz CT molecular complexity index is 1090. The predicted octanol–water partition coefficient (Wildman–Crippen LogP) is 4.72. The van der Waals surface area contributed by atoms with Gasteiger partial charge in [-0.15, -0.1) is 0 Å². The molecule has 0 aliphatic heterocycles. The second kappa shape index (κ2) is 12.3. The number of ether oxygens (including phenoxy) is 4. The van der Waals surface area contributed by atoms with Crippen LogP contribution in [0, 0.1) is 0 Å². The molecule has 8 heteroatoms. The molecule has 1 fully saturated rings. The van der Waals surface area contributed by atoms with Gasteiger partial charge in [-0.2, -0.15) is 0 Å². The van der Waals surface area contributed by atoms with Crippen molar-refractivity contribution in [3.63, 3.8) is 0 Å². The molecule has 0 heterocycles. The van der Waals surface area contributed by atoms with E-state index in [4.69, 9.17) is 18.9 Å². The predicted molar refractivity (Wildman–Crippen MR) is 126 cm³/mol. The Morgan fingerprint density at radius 2 is 1.34 bits per heavy atom. The fourth-order valence-corrected chi connectivity index (χ4v) is 3.39. The van der Waals surface area contributed by atoms with Crippen molar-refractivity contribution in [1.29, 1.82) is 0 Å². The molecule has 0 unspecified atom stereocenters. The summed E-state index contributed by atoms with van der Waals surface area (Å²) in [5.74, 6) is -1.77. The molecule has 2 aromatic rings. The molecule has 0 N–H and O–H groups in total. The van der Waals surface area contributed by atoms with E-state index < -0.39 is 23.9 Å².